The molecule has 0 radical (unpaired) electrons. The molecule has 0 aliphatic heterocycles. The first kappa shape index (κ1) is 13.7. The summed E-state index contributed by atoms with van der Waals surface area (Å²) in [5.74, 6) is 1.06. The minimum Gasteiger partial charge on any atom is -0.326 e. The predicted octanol–water partition coefficient (Wildman–Crippen LogP) is 2.73. The second-order valence-electron chi connectivity index (χ2n) is 5.08. The van der Waals surface area contributed by atoms with Crippen LogP contribution in [0.5, 0.6) is 0 Å². The second-order valence-corrected chi connectivity index (χ2v) is 5.08. The van der Waals surface area contributed by atoms with Crippen LogP contribution in [0.4, 0.5) is 0 Å². The van der Waals surface area contributed by atoms with E-state index in [1.165, 1.54) is 5.56 Å². The van der Waals surface area contributed by atoms with Crippen LogP contribution in [0.2, 0.25) is 0 Å². The lowest BCUT2D eigenvalue weighted by molar-refractivity contribution is -0.117. The molecule has 0 fully saturated rings. The van der Waals surface area contributed by atoms with Crippen LogP contribution in [0, 0.1) is 6.92 Å². The topological polar surface area (TPSA) is 60.9 Å². The number of aromatic nitrogens is 2. The zero-order valence-corrected chi connectivity index (χ0v) is 11.8. The van der Waals surface area contributed by atoms with E-state index in [0.29, 0.717) is 13.0 Å². The molecular formula is C15H21N3O. The maximum absolute atomic E-state index is 11.2. The third-order valence-corrected chi connectivity index (χ3v) is 3.39. The van der Waals surface area contributed by atoms with Gasteiger partial charge in [-0.3, -0.25) is 4.79 Å². The van der Waals surface area contributed by atoms with Gasteiger partial charge in [0.2, 0.25) is 0 Å². The number of benzene rings is 1. The van der Waals surface area contributed by atoms with Crippen LogP contribution >= 0.6 is 0 Å². The summed E-state index contributed by atoms with van der Waals surface area (Å²) >= 11 is 0. The first-order chi connectivity index (χ1) is 9.02. The summed E-state index contributed by atoms with van der Waals surface area (Å²) < 4.78 is 2.09. The SMILES string of the molecule is CCC(N)c1nc2cc(C)ccc2n1CCC(C)=O. The Balaban J connectivity index is 2.51. The molecule has 1 aromatic heterocycles. The van der Waals surface area contributed by atoms with Crippen LogP contribution in [0.1, 0.15) is 44.1 Å². The maximum Gasteiger partial charge on any atom is 0.131 e. The fraction of sp³-hybridized carbons (Fsp3) is 0.467. The molecule has 102 valence electrons. The molecule has 0 saturated heterocycles. The molecule has 2 aromatic rings. The number of aryl methyl sites for hydroxylation is 2. The number of carbonyl (C=O) groups excluding carboxylic acids is 1. The van der Waals surface area contributed by atoms with Gasteiger partial charge in [0.05, 0.1) is 17.1 Å². The fourth-order valence-corrected chi connectivity index (χ4v) is 2.23. The molecule has 0 bridgehead atoms. The zero-order chi connectivity index (χ0) is 14.0. The van der Waals surface area contributed by atoms with Gasteiger partial charge in [-0.1, -0.05) is 13.0 Å². The average Bonchev–Trinajstić information content (AvgIpc) is 2.72. The highest BCUT2D eigenvalue weighted by Crippen LogP contribution is 2.22. The summed E-state index contributed by atoms with van der Waals surface area (Å²) in [6.07, 6.45) is 1.35. The number of hydrogen-bond donors (Lipinski definition) is 1. The standard InChI is InChI=1S/C15H21N3O/c1-4-12(16)15-17-13-9-10(2)5-6-14(13)18(15)8-7-11(3)19/h5-6,9,12H,4,7-8,16H2,1-3H3. The lowest BCUT2D eigenvalue weighted by Gasteiger charge is -2.12. The van der Waals surface area contributed by atoms with Crippen LogP contribution < -0.4 is 5.73 Å². The summed E-state index contributed by atoms with van der Waals surface area (Å²) in [4.78, 5) is 15.9. The number of ketones is 1. The van der Waals surface area contributed by atoms with Crippen LogP contribution in [0.3, 0.4) is 0 Å². The number of hydrogen-bond acceptors (Lipinski definition) is 3. The van der Waals surface area contributed by atoms with E-state index in [9.17, 15) is 4.79 Å². The average molecular weight is 259 g/mol. The van der Waals surface area contributed by atoms with Gasteiger partial charge in [-0.25, -0.2) is 4.98 Å². The van der Waals surface area contributed by atoms with Crippen molar-refractivity contribution in [3.8, 4) is 0 Å². The van der Waals surface area contributed by atoms with E-state index in [4.69, 9.17) is 5.73 Å². The van der Waals surface area contributed by atoms with Crippen molar-refractivity contribution in [2.24, 2.45) is 5.73 Å². The van der Waals surface area contributed by atoms with E-state index in [-0.39, 0.29) is 11.8 Å². The van der Waals surface area contributed by atoms with Gasteiger partial charge >= 0.3 is 0 Å². The van der Waals surface area contributed by atoms with Crippen molar-refractivity contribution in [2.75, 3.05) is 0 Å². The molecule has 0 aliphatic carbocycles. The third-order valence-electron chi connectivity index (χ3n) is 3.39. The Morgan fingerprint density at radius 2 is 2.21 bits per heavy atom. The summed E-state index contributed by atoms with van der Waals surface area (Å²) in [6, 6.07) is 6.10. The smallest absolute Gasteiger partial charge is 0.131 e. The molecule has 0 aliphatic rings. The van der Waals surface area contributed by atoms with Gasteiger partial charge in [-0.2, -0.15) is 0 Å². The van der Waals surface area contributed by atoms with E-state index in [1.807, 2.05) is 13.8 Å². The van der Waals surface area contributed by atoms with Crippen molar-refractivity contribution < 1.29 is 4.79 Å². The van der Waals surface area contributed by atoms with Gasteiger partial charge in [-0.05, 0) is 38.0 Å². The lowest BCUT2D eigenvalue weighted by atomic mass is 10.2. The highest BCUT2D eigenvalue weighted by atomic mass is 16.1. The number of nitrogens with two attached hydrogens (primary N) is 1. The van der Waals surface area contributed by atoms with Crippen molar-refractivity contribution >= 4 is 16.8 Å². The van der Waals surface area contributed by atoms with Gasteiger partial charge in [0, 0.05) is 13.0 Å². The minimum absolute atomic E-state index is 0.0836. The summed E-state index contributed by atoms with van der Waals surface area (Å²) in [5, 5.41) is 0. The molecule has 1 aromatic carbocycles. The summed E-state index contributed by atoms with van der Waals surface area (Å²) in [7, 11) is 0. The quantitative estimate of drug-likeness (QED) is 0.898. The Morgan fingerprint density at radius 3 is 2.84 bits per heavy atom. The minimum atomic E-state index is -0.0836. The molecule has 2 N–H and O–H groups in total. The number of rotatable bonds is 5. The van der Waals surface area contributed by atoms with E-state index in [0.717, 1.165) is 23.3 Å². The molecule has 4 heteroatoms. The molecule has 0 saturated carbocycles. The molecule has 19 heavy (non-hydrogen) atoms. The molecule has 1 heterocycles. The van der Waals surface area contributed by atoms with Crippen LogP contribution in [-0.2, 0) is 11.3 Å². The van der Waals surface area contributed by atoms with Crippen molar-refractivity contribution in [3.63, 3.8) is 0 Å². The molecule has 1 atom stereocenters. The van der Waals surface area contributed by atoms with Crippen LogP contribution in [0.25, 0.3) is 11.0 Å². The third kappa shape index (κ3) is 2.84. The normalized spacial score (nSPS) is 12.8. The highest BCUT2D eigenvalue weighted by molar-refractivity contribution is 5.78. The first-order valence-corrected chi connectivity index (χ1v) is 6.74. The largest absolute Gasteiger partial charge is 0.326 e. The lowest BCUT2D eigenvalue weighted by Crippen LogP contribution is -2.16. The number of imidazole rings is 1. The Kier molecular flexibility index (Phi) is 4.00. The van der Waals surface area contributed by atoms with Crippen LogP contribution in [-0.4, -0.2) is 15.3 Å². The highest BCUT2D eigenvalue weighted by Gasteiger charge is 2.16. The van der Waals surface area contributed by atoms with Crippen molar-refractivity contribution in [2.45, 2.75) is 46.2 Å². The molecule has 0 amide bonds. The first-order valence-electron chi connectivity index (χ1n) is 6.74. The molecule has 1 unspecified atom stereocenters. The van der Waals surface area contributed by atoms with Gasteiger partial charge in [0.25, 0.3) is 0 Å². The van der Waals surface area contributed by atoms with Crippen molar-refractivity contribution in [3.05, 3.63) is 29.6 Å². The number of fused-ring (bicyclic) bond motifs is 1. The monoisotopic (exact) mass is 259 g/mol. The second kappa shape index (κ2) is 5.53. The van der Waals surface area contributed by atoms with Gasteiger partial charge < -0.3 is 10.3 Å². The number of nitrogens with zero attached hydrogens (tertiary/aromatic N) is 2. The van der Waals surface area contributed by atoms with Crippen molar-refractivity contribution in [1.29, 1.82) is 0 Å². The maximum atomic E-state index is 11.2. The van der Waals surface area contributed by atoms with E-state index in [2.05, 4.69) is 27.8 Å². The van der Waals surface area contributed by atoms with Gasteiger partial charge in [0.1, 0.15) is 11.6 Å². The molecule has 4 nitrogen and oxygen atoms in total. The molecular weight excluding hydrogens is 238 g/mol. The Bertz CT molecular complexity index is 601. The summed E-state index contributed by atoms with van der Waals surface area (Å²) in [5.41, 5.74) is 9.34. The predicted molar refractivity (Wildman–Crippen MR) is 77.0 cm³/mol. The molecule has 2 rings (SSSR count). The Labute approximate surface area is 113 Å². The van der Waals surface area contributed by atoms with Crippen LogP contribution in [0.15, 0.2) is 18.2 Å². The van der Waals surface area contributed by atoms with Gasteiger partial charge in [-0.15, -0.1) is 0 Å². The van der Waals surface area contributed by atoms with E-state index in [1.54, 1.807) is 6.92 Å². The van der Waals surface area contributed by atoms with E-state index >= 15 is 0 Å². The molecule has 0 spiro atoms. The Morgan fingerprint density at radius 1 is 1.47 bits per heavy atom. The van der Waals surface area contributed by atoms with E-state index < -0.39 is 0 Å². The number of Topliss-reactive ketones (excluding diaryl/α,β-unsaturated/α-hetero) is 1. The van der Waals surface area contributed by atoms with Crippen molar-refractivity contribution in [1.82, 2.24) is 9.55 Å². The summed E-state index contributed by atoms with van der Waals surface area (Å²) in [6.45, 7) is 6.36. The fourth-order valence-electron chi connectivity index (χ4n) is 2.23. The van der Waals surface area contributed by atoms with Gasteiger partial charge in [0.15, 0.2) is 0 Å². The number of carbonyl (C=O) groups is 1. The Hall–Kier alpha value is -1.68. The zero-order valence-electron chi connectivity index (χ0n) is 11.8.